The number of rotatable bonds is 13. The molecule has 2 amide bonds. The number of nitrogens with one attached hydrogen (secondary N) is 3. The standard InChI is InChI=1S/C28H33N3O6/c1-2-36-27(34)21-10-14-23(15-11-21)31-28(35)30-22-12-8-20(9-13-22)16-24(18-32)29-17-25(33)19-37-26-6-4-3-5-7-26/h3-15,24-25,29,32-33H,2,16-19H2,1H3,(H2,30,31,35)/t24-,25-/m0/s1. The van der Waals surface area contributed by atoms with E-state index in [9.17, 15) is 19.8 Å². The van der Waals surface area contributed by atoms with Crippen LogP contribution in [-0.4, -0.2) is 60.7 Å². The molecule has 3 aromatic carbocycles. The first-order valence-electron chi connectivity index (χ1n) is 12.1. The first-order valence-corrected chi connectivity index (χ1v) is 12.1. The van der Waals surface area contributed by atoms with E-state index >= 15 is 0 Å². The predicted molar refractivity (Wildman–Crippen MR) is 142 cm³/mol. The van der Waals surface area contributed by atoms with Gasteiger partial charge in [-0.25, -0.2) is 9.59 Å². The zero-order valence-electron chi connectivity index (χ0n) is 20.7. The Morgan fingerprint density at radius 2 is 1.51 bits per heavy atom. The van der Waals surface area contributed by atoms with Crippen LogP contribution in [0.1, 0.15) is 22.8 Å². The number of carbonyl (C=O) groups is 2. The SMILES string of the molecule is CCOC(=O)c1ccc(NC(=O)Nc2ccc(C[C@@H](CO)NC[C@H](O)COc3ccccc3)cc2)cc1. The number of aliphatic hydroxyl groups excluding tert-OH is 2. The summed E-state index contributed by atoms with van der Waals surface area (Å²) in [6, 6.07) is 22.3. The number of anilines is 2. The number of carbonyl (C=O) groups excluding carboxylic acids is 2. The molecule has 0 aliphatic heterocycles. The van der Waals surface area contributed by atoms with Crippen LogP contribution < -0.4 is 20.7 Å². The monoisotopic (exact) mass is 507 g/mol. The molecule has 0 unspecified atom stereocenters. The van der Waals surface area contributed by atoms with Crippen molar-refractivity contribution in [3.8, 4) is 5.75 Å². The summed E-state index contributed by atoms with van der Waals surface area (Å²) >= 11 is 0. The molecule has 0 fully saturated rings. The number of aliphatic hydroxyl groups is 2. The van der Waals surface area contributed by atoms with Crippen molar-refractivity contribution >= 4 is 23.4 Å². The molecule has 3 aromatic rings. The molecule has 0 saturated heterocycles. The zero-order chi connectivity index (χ0) is 26.5. The van der Waals surface area contributed by atoms with Crippen molar-refractivity contribution in [2.45, 2.75) is 25.5 Å². The fraction of sp³-hybridized carbons (Fsp3) is 0.286. The second kappa shape index (κ2) is 14.6. The number of hydrogen-bond acceptors (Lipinski definition) is 7. The van der Waals surface area contributed by atoms with Crippen molar-refractivity contribution < 1.29 is 29.3 Å². The van der Waals surface area contributed by atoms with Crippen LogP contribution in [0.25, 0.3) is 0 Å². The Morgan fingerprint density at radius 3 is 2.11 bits per heavy atom. The largest absolute Gasteiger partial charge is 0.491 e. The van der Waals surface area contributed by atoms with E-state index in [4.69, 9.17) is 9.47 Å². The topological polar surface area (TPSA) is 129 Å². The minimum atomic E-state index is -0.722. The van der Waals surface area contributed by atoms with E-state index in [1.807, 2.05) is 42.5 Å². The normalized spacial score (nSPS) is 12.3. The molecule has 0 heterocycles. The van der Waals surface area contributed by atoms with Gasteiger partial charge in [-0.15, -0.1) is 0 Å². The van der Waals surface area contributed by atoms with Crippen LogP contribution in [0.15, 0.2) is 78.9 Å². The van der Waals surface area contributed by atoms with Gasteiger partial charge in [-0.05, 0) is 67.4 Å². The minimum absolute atomic E-state index is 0.0936. The molecular formula is C28H33N3O6. The van der Waals surface area contributed by atoms with Gasteiger partial charge < -0.3 is 35.6 Å². The van der Waals surface area contributed by atoms with Gasteiger partial charge in [0, 0.05) is 24.0 Å². The lowest BCUT2D eigenvalue weighted by molar-refractivity contribution is 0.0526. The number of para-hydroxylation sites is 1. The highest BCUT2D eigenvalue weighted by Gasteiger charge is 2.12. The van der Waals surface area contributed by atoms with E-state index in [0.29, 0.717) is 35.7 Å². The summed E-state index contributed by atoms with van der Waals surface area (Å²) in [7, 11) is 0. The Balaban J connectivity index is 1.41. The molecule has 0 aliphatic rings. The molecular weight excluding hydrogens is 474 g/mol. The lowest BCUT2D eigenvalue weighted by Crippen LogP contribution is -2.41. The van der Waals surface area contributed by atoms with E-state index in [-0.39, 0.29) is 25.8 Å². The molecule has 9 heteroatoms. The van der Waals surface area contributed by atoms with Gasteiger partial charge in [0.1, 0.15) is 18.5 Å². The first kappa shape index (κ1) is 27.7. The highest BCUT2D eigenvalue weighted by molar-refractivity contribution is 6.00. The van der Waals surface area contributed by atoms with E-state index in [0.717, 1.165) is 5.56 Å². The second-order valence-corrected chi connectivity index (χ2v) is 8.34. The Hall–Kier alpha value is -3.92. The Kier molecular flexibility index (Phi) is 10.9. The Bertz CT molecular complexity index is 1110. The number of amides is 2. The predicted octanol–water partition coefficient (Wildman–Crippen LogP) is 3.44. The van der Waals surface area contributed by atoms with Crippen molar-refractivity contribution in [3.63, 3.8) is 0 Å². The molecule has 0 bridgehead atoms. The van der Waals surface area contributed by atoms with Crippen LogP contribution in [0.3, 0.4) is 0 Å². The van der Waals surface area contributed by atoms with Gasteiger partial charge in [0.15, 0.2) is 0 Å². The van der Waals surface area contributed by atoms with Gasteiger partial charge in [0.25, 0.3) is 0 Å². The molecule has 0 aromatic heterocycles. The van der Waals surface area contributed by atoms with Crippen molar-refractivity contribution in [1.82, 2.24) is 5.32 Å². The van der Waals surface area contributed by atoms with E-state index in [1.165, 1.54) is 0 Å². The van der Waals surface area contributed by atoms with Gasteiger partial charge >= 0.3 is 12.0 Å². The van der Waals surface area contributed by atoms with Gasteiger partial charge in [0.05, 0.1) is 18.8 Å². The van der Waals surface area contributed by atoms with Crippen molar-refractivity contribution in [2.24, 2.45) is 0 Å². The molecule has 2 atom stereocenters. The molecule has 37 heavy (non-hydrogen) atoms. The third kappa shape index (κ3) is 9.57. The molecule has 196 valence electrons. The maximum absolute atomic E-state index is 12.3. The quantitative estimate of drug-likeness (QED) is 0.224. The van der Waals surface area contributed by atoms with Crippen LogP contribution in [-0.2, 0) is 11.2 Å². The third-order valence-corrected chi connectivity index (χ3v) is 5.40. The second-order valence-electron chi connectivity index (χ2n) is 8.34. The number of hydrogen-bond donors (Lipinski definition) is 5. The van der Waals surface area contributed by atoms with Crippen molar-refractivity contribution in [1.29, 1.82) is 0 Å². The molecule has 9 nitrogen and oxygen atoms in total. The van der Waals surface area contributed by atoms with Crippen LogP contribution in [0.5, 0.6) is 5.75 Å². The van der Waals surface area contributed by atoms with Crippen LogP contribution >= 0.6 is 0 Å². The summed E-state index contributed by atoms with van der Waals surface area (Å²) in [4.78, 5) is 24.0. The first-order chi connectivity index (χ1) is 18.0. The fourth-order valence-corrected chi connectivity index (χ4v) is 3.48. The molecule has 0 saturated carbocycles. The minimum Gasteiger partial charge on any atom is -0.491 e. The molecule has 0 spiro atoms. The number of urea groups is 1. The highest BCUT2D eigenvalue weighted by Crippen LogP contribution is 2.14. The number of ether oxygens (including phenoxy) is 2. The zero-order valence-corrected chi connectivity index (χ0v) is 20.7. The fourth-order valence-electron chi connectivity index (χ4n) is 3.48. The van der Waals surface area contributed by atoms with Crippen LogP contribution in [0.4, 0.5) is 16.2 Å². The van der Waals surface area contributed by atoms with E-state index in [2.05, 4.69) is 16.0 Å². The van der Waals surface area contributed by atoms with Gasteiger partial charge in [-0.1, -0.05) is 30.3 Å². The van der Waals surface area contributed by atoms with Gasteiger partial charge in [-0.3, -0.25) is 0 Å². The van der Waals surface area contributed by atoms with Gasteiger partial charge in [0.2, 0.25) is 0 Å². The maximum Gasteiger partial charge on any atom is 0.338 e. The summed E-state index contributed by atoms with van der Waals surface area (Å²) in [6.07, 6.45) is -0.178. The average Bonchev–Trinajstić information content (AvgIpc) is 2.92. The summed E-state index contributed by atoms with van der Waals surface area (Å²) < 4.78 is 10.5. The molecule has 5 N–H and O–H groups in total. The lowest BCUT2D eigenvalue weighted by Gasteiger charge is -2.19. The summed E-state index contributed by atoms with van der Waals surface area (Å²) in [5, 5.41) is 28.5. The summed E-state index contributed by atoms with van der Waals surface area (Å²) in [5.41, 5.74) is 2.51. The number of benzene rings is 3. The number of esters is 1. The summed E-state index contributed by atoms with van der Waals surface area (Å²) in [6.45, 7) is 2.36. The molecule has 0 radical (unpaired) electrons. The smallest absolute Gasteiger partial charge is 0.338 e. The molecule has 3 rings (SSSR count). The van der Waals surface area contributed by atoms with Gasteiger partial charge in [-0.2, -0.15) is 0 Å². The molecule has 0 aliphatic carbocycles. The average molecular weight is 508 g/mol. The van der Waals surface area contributed by atoms with Crippen LogP contribution in [0, 0.1) is 0 Å². The highest BCUT2D eigenvalue weighted by atomic mass is 16.5. The van der Waals surface area contributed by atoms with Crippen molar-refractivity contribution in [2.75, 3.05) is 37.0 Å². The Morgan fingerprint density at radius 1 is 0.892 bits per heavy atom. The lowest BCUT2D eigenvalue weighted by atomic mass is 10.1. The van der Waals surface area contributed by atoms with Crippen molar-refractivity contribution in [3.05, 3.63) is 90.0 Å². The van der Waals surface area contributed by atoms with E-state index < -0.39 is 18.1 Å². The third-order valence-electron chi connectivity index (χ3n) is 5.40. The van der Waals surface area contributed by atoms with E-state index in [1.54, 1.807) is 43.3 Å². The summed E-state index contributed by atoms with van der Waals surface area (Å²) in [5.74, 6) is 0.278. The van der Waals surface area contributed by atoms with Crippen LogP contribution in [0.2, 0.25) is 0 Å². The maximum atomic E-state index is 12.3. The Labute approximate surface area is 216 Å².